The predicted molar refractivity (Wildman–Crippen MR) is 60.1 cm³/mol. The van der Waals surface area contributed by atoms with Crippen molar-refractivity contribution in [1.29, 1.82) is 0 Å². The Kier molecular flexibility index (Phi) is 3.91. The molecule has 1 aromatic carbocycles. The fourth-order valence-electron chi connectivity index (χ4n) is 0.905. The van der Waals surface area contributed by atoms with Gasteiger partial charge in [-0.25, -0.2) is 0 Å². The average Bonchev–Trinajstić information content (AvgIpc) is 2.15. The van der Waals surface area contributed by atoms with Crippen LogP contribution in [0.15, 0.2) is 41.2 Å². The molecule has 0 atom stereocenters. The van der Waals surface area contributed by atoms with Crippen LogP contribution in [0.4, 0.5) is 12.9 Å². The molecule has 0 bridgehead atoms. The highest BCUT2D eigenvalue weighted by Crippen LogP contribution is 2.26. The molecule has 0 N–H and O–H groups in total. The summed E-state index contributed by atoms with van der Waals surface area (Å²) in [6.07, 6.45) is 0. The molecule has 0 nitrogen and oxygen atoms in total. The molecular weight excluding hydrogens is 220 g/mol. The van der Waals surface area contributed by atoms with Crippen LogP contribution in [0.3, 0.4) is 0 Å². The maximum atomic E-state index is 12.2. The molecule has 1 aromatic rings. The van der Waals surface area contributed by atoms with E-state index in [0.29, 0.717) is 0 Å². The van der Waals surface area contributed by atoms with E-state index in [2.05, 4.69) is 6.58 Å². The van der Waals surface area contributed by atoms with Crippen LogP contribution < -0.4 is 0 Å². The van der Waals surface area contributed by atoms with Gasteiger partial charge in [0.05, 0.1) is 0 Å². The Hall–Kier alpha value is -0.835. The van der Waals surface area contributed by atoms with E-state index in [-0.39, 0.29) is 5.75 Å². The Morgan fingerprint density at radius 1 is 1.27 bits per heavy atom. The van der Waals surface area contributed by atoms with Crippen LogP contribution in [0.25, 0.3) is 0 Å². The molecule has 0 saturated heterocycles. The molecule has 0 aromatic heterocycles. The Bertz CT molecular complexity index is 343. The van der Waals surface area contributed by atoms with Crippen LogP contribution in [0.2, 0.25) is 0 Å². The van der Waals surface area contributed by atoms with Crippen LogP contribution in [0.5, 0.6) is 0 Å². The maximum Gasteiger partial charge on any atom is 0.505 e. The van der Waals surface area contributed by atoms with Crippen LogP contribution in [0, 0.1) is 6.92 Å². The van der Waals surface area contributed by atoms with Crippen molar-refractivity contribution >= 4 is 18.7 Å². The number of hydrogen-bond donors (Lipinski definition) is 0. The number of aryl methyl sites for hydroxylation is 1. The van der Waals surface area contributed by atoms with E-state index in [4.69, 9.17) is 0 Å². The molecule has 0 amide bonds. The molecule has 0 aliphatic carbocycles. The highest BCUT2D eigenvalue weighted by atomic mass is 32.2. The van der Waals surface area contributed by atoms with Crippen molar-refractivity contribution in [3.05, 3.63) is 41.9 Å². The van der Waals surface area contributed by atoms with E-state index in [1.807, 2.05) is 31.2 Å². The van der Waals surface area contributed by atoms with E-state index in [9.17, 15) is 12.9 Å². The first kappa shape index (κ1) is 12.2. The number of benzene rings is 1. The molecule has 5 heteroatoms. The minimum atomic E-state index is -4.89. The predicted octanol–water partition coefficient (Wildman–Crippen LogP) is 4.03. The van der Waals surface area contributed by atoms with Gasteiger partial charge in [0.2, 0.25) is 0 Å². The lowest BCUT2D eigenvalue weighted by Gasteiger charge is -2.17. The van der Waals surface area contributed by atoms with Crippen LogP contribution >= 0.6 is 11.8 Å². The van der Waals surface area contributed by atoms with E-state index in [0.717, 1.165) is 22.2 Å². The third-order valence-electron chi connectivity index (χ3n) is 1.91. The molecule has 15 heavy (non-hydrogen) atoms. The quantitative estimate of drug-likeness (QED) is 0.556. The SMILES string of the molecule is C=C(CSc1ccc(C)cc1)[B-](F)(F)F. The summed E-state index contributed by atoms with van der Waals surface area (Å²) < 4.78 is 36.5. The zero-order chi connectivity index (χ0) is 11.5. The van der Waals surface area contributed by atoms with Crippen molar-refractivity contribution < 1.29 is 12.9 Å². The van der Waals surface area contributed by atoms with Gasteiger partial charge in [0.15, 0.2) is 0 Å². The van der Waals surface area contributed by atoms with Crippen molar-refractivity contribution in [1.82, 2.24) is 0 Å². The summed E-state index contributed by atoms with van der Waals surface area (Å²) in [5.74, 6) is -0.0907. The molecule has 0 radical (unpaired) electrons. The number of hydrogen-bond acceptors (Lipinski definition) is 1. The average molecular weight is 231 g/mol. The first-order chi connectivity index (χ1) is 6.89. The molecule has 0 aliphatic heterocycles. The number of thioether (sulfide) groups is 1. The van der Waals surface area contributed by atoms with Crippen molar-refractivity contribution in [2.24, 2.45) is 0 Å². The van der Waals surface area contributed by atoms with E-state index >= 15 is 0 Å². The summed E-state index contributed by atoms with van der Waals surface area (Å²) in [6, 6.07) is 7.39. The van der Waals surface area contributed by atoms with E-state index in [1.54, 1.807) is 0 Å². The standard InChI is InChI=1S/C10H11BF3S/c1-8-3-5-10(6-4-8)15-7-9(2)11(12,13)14/h3-6H,2,7H2,1H3/q-1. The van der Waals surface area contributed by atoms with Gasteiger partial charge < -0.3 is 12.9 Å². The molecule has 0 aliphatic rings. The van der Waals surface area contributed by atoms with Gasteiger partial charge in [0, 0.05) is 4.90 Å². The summed E-state index contributed by atoms with van der Waals surface area (Å²) in [7, 11) is 0. The summed E-state index contributed by atoms with van der Waals surface area (Å²) in [5, 5.41) is 0. The van der Waals surface area contributed by atoms with Crippen LogP contribution in [0.1, 0.15) is 5.56 Å². The zero-order valence-electron chi connectivity index (χ0n) is 8.34. The normalized spacial score (nSPS) is 11.5. The lowest BCUT2D eigenvalue weighted by atomic mass is 9.82. The first-order valence-electron chi connectivity index (χ1n) is 4.46. The summed E-state index contributed by atoms with van der Waals surface area (Å²) in [4.78, 5) is 0.835. The van der Waals surface area contributed by atoms with Gasteiger partial charge in [-0.2, -0.15) is 0 Å². The molecule has 0 heterocycles. The van der Waals surface area contributed by atoms with Gasteiger partial charge in [0.1, 0.15) is 0 Å². The second kappa shape index (κ2) is 4.79. The second-order valence-electron chi connectivity index (χ2n) is 3.33. The van der Waals surface area contributed by atoms with Crippen LogP contribution in [-0.2, 0) is 0 Å². The Morgan fingerprint density at radius 3 is 2.27 bits per heavy atom. The first-order valence-corrected chi connectivity index (χ1v) is 5.45. The molecule has 1 rings (SSSR count). The van der Waals surface area contributed by atoms with Crippen molar-refractivity contribution in [3.8, 4) is 0 Å². The zero-order valence-corrected chi connectivity index (χ0v) is 9.16. The van der Waals surface area contributed by atoms with Gasteiger partial charge in [-0.05, 0) is 24.8 Å². The third kappa shape index (κ3) is 4.04. The smallest absolute Gasteiger partial charge is 0.445 e. The minimum Gasteiger partial charge on any atom is -0.445 e. The lowest BCUT2D eigenvalue weighted by Crippen LogP contribution is -2.20. The monoisotopic (exact) mass is 231 g/mol. The number of rotatable bonds is 4. The summed E-state index contributed by atoms with van der Waals surface area (Å²) in [6.45, 7) is 0.0849. The third-order valence-corrected chi connectivity index (χ3v) is 3.03. The highest BCUT2D eigenvalue weighted by Gasteiger charge is 2.26. The number of halogens is 3. The van der Waals surface area contributed by atoms with Crippen molar-refractivity contribution in [3.63, 3.8) is 0 Å². The fraction of sp³-hybridized carbons (Fsp3) is 0.200. The van der Waals surface area contributed by atoms with Gasteiger partial charge in [-0.3, -0.25) is 0 Å². The highest BCUT2D eigenvalue weighted by molar-refractivity contribution is 7.99. The van der Waals surface area contributed by atoms with Gasteiger partial charge in [-0.1, -0.05) is 17.7 Å². The van der Waals surface area contributed by atoms with Crippen molar-refractivity contribution in [2.75, 3.05) is 5.75 Å². The van der Waals surface area contributed by atoms with E-state index in [1.165, 1.54) is 0 Å². The van der Waals surface area contributed by atoms with Crippen molar-refractivity contribution in [2.45, 2.75) is 11.8 Å². The molecule has 0 spiro atoms. The molecule has 0 saturated carbocycles. The molecule has 82 valence electrons. The largest absolute Gasteiger partial charge is 0.505 e. The van der Waals surface area contributed by atoms with Crippen LogP contribution in [-0.4, -0.2) is 12.7 Å². The Labute approximate surface area is 91.6 Å². The fourth-order valence-corrected chi connectivity index (χ4v) is 1.77. The Balaban J connectivity index is 2.51. The summed E-state index contributed by atoms with van der Waals surface area (Å²) in [5.41, 5.74) is 0.457. The minimum absolute atomic E-state index is 0.0907. The van der Waals surface area contributed by atoms with E-state index < -0.39 is 12.4 Å². The molecule has 0 fully saturated rings. The Morgan fingerprint density at radius 2 is 1.80 bits per heavy atom. The maximum absolute atomic E-state index is 12.2. The van der Waals surface area contributed by atoms with Gasteiger partial charge in [0.25, 0.3) is 0 Å². The molecule has 0 unspecified atom stereocenters. The second-order valence-corrected chi connectivity index (χ2v) is 4.38. The summed E-state index contributed by atoms with van der Waals surface area (Å²) >= 11 is 1.16. The topological polar surface area (TPSA) is 0 Å². The van der Waals surface area contributed by atoms with Gasteiger partial charge >= 0.3 is 6.98 Å². The molecular formula is C10H11BF3S-. The van der Waals surface area contributed by atoms with Gasteiger partial charge in [-0.15, -0.1) is 23.8 Å². The lowest BCUT2D eigenvalue weighted by molar-refractivity contribution is 0.491.